The van der Waals surface area contributed by atoms with Gasteiger partial charge >= 0.3 is 0 Å². The van der Waals surface area contributed by atoms with E-state index in [-0.39, 0.29) is 5.56 Å². The third-order valence-electron chi connectivity index (χ3n) is 6.99. The summed E-state index contributed by atoms with van der Waals surface area (Å²) in [5.74, 6) is 1.63. The number of ether oxygens (including phenoxy) is 1. The lowest BCUT2D eigenvalue weighted by molar-refractivity contribution is 0.199. The Kier molecular flexibility index (Phi) is 6.52. The number of pyridine rings is 1. The van der Waals surface area contributed by atoms with Crippen LogP contribution < -0.4 is 10.9 Å². The average molecular weight is 521 g/mol. The van der Waals surface area contributed by atoms with Crippen LogP contribution in [0.1, 0.15) is 35.7 Å². The fraction of sp³-hybridized carbons (Fsp3) is 0.276. The molecule has 1 fully saturated rings. The van der Waals surface area contributed by atoms with Crippen molar-refractivity contribution in [3.63, 3.8) is 0 Å². The number of imidazole rings is 1. The smallest absolute Gasteiger partial charge is 0.283 e. The van der Waals surface area contributed by atoms with Crippen LogP contribution in [-0.2, 0) is 18.3 Å². The summed E-state index contributed by atoms with van der Waals surface area (Å²) < 4.78 is 8.51. The second-order valence-electron chi connectivity index (χ2n) is 9.79. The minimum Gasteiger partial charge on any atom is -0.383 e. The maximum Gasteiger partial charge on any atom is 0.283 e. The summed E-state index contributed by atoms with van der Waals surface area (Å²) in [5, 5.41) is 12.8. The molecule has 1 aliphatic rings. The van der Waals surface area contributed by atoms with E-state index in [4.69, 9.17) is 9.72 Å². The number of rotatable bonds is 9. The first-order chi connectivity index (χ1) is 19.1. The Balaban J connectivity index is 1.45. The van der Waals surface area contributed by atoms with Gasteiger partial charge in [0.2, 0.25) is 0 Å². The van der Waals surface area contributed by atoms with Gasteiger partial charge in [0.25, 0.3) is 5.56 Å². The fourth-order valence-electron chi connectivity index (χ4n) is 4.79. The molecule has 1 aliphatic carbocycles. The first-order valence-corrected chi connectivity index (χ1v) is 12.9. The van der Waals surface area contributed by atoms with Crippen molar-refractivity contribution in [3.8, 4) is 34.4 Å². The molecule has 0 bridgehead atoms. The number of fused-ring (bicyclic) bond motifs is 1. The highest BCUT2D eigenvalue weighted by Crippen LogP contribution is 2.41. The van der Waals surface area contributed by atoms with Crippen molar-refractivity contribution in [2.24, 2.45) is 7.05 Å². The summed E-state index contributed by atoms with van der Waals surface area (Å²) in [6.07, 6.45) is 7.30. The third-order valence-corrected chi connectivity index (χ3v) is 6.99. The van der Waals surface area contributed by atoms with Crippen molar-refractivity contribution < 1.29 is 4.74 Å². The molecule has 1 saturated carbocycles. The molecule has 0 saturated heterocycles. The number of nitrogens with one attached hydrogen (secondary N) is 2. The first-order valence-electron chi connectivity index (χ1n) is 12.9. The van der Waals surface area contributed by atoms with Crippen LogP contribution in [0.3, 0.4) is 0 Å². The van der Waals surface area contributed by atoms with Gasteiger partial charge in [-0.25, -0.2) is 19.5 Å². The van der Waals surface area contributed by atoms with Crippen LogP contribution >= 0.6 is 0 Å². The van der Waals surface area contributed by atoms with Gasteiger partial charge in [0.05, 0.1) is 23.8 Å². The van der Waals surface area contributed by atoms with Gasteiger partial charge in [-0.1, -0.05) is 6.07 Å². The number of aromatic amines is 1. The quantitative estimate of drug-likeness (QED) is 0.284. The minimum absolute atomic E-state index is 0.210. The van der Waals surface area contributed by atoms with Crippen LogP contribution in [0.5, 0.6) is 0 Å². The van der Waals surface area contributed by atoms with Crippen molar-refractivity contribution in [3.05, 3.63) is 82.4 Å². The van der Waals surface area contributed by atoms with E-state index in [1.54, 1.807) is 25.7 Å². The predicted octanol–water partition coefficient (Wildman–Crippen LogP) is 3.66. The van der Waals surface area contributed by atoms with Crippen LogP contribution in [0.15, 0.2) is 59.9 Å². The van der Waals surface area contributed by atoms with Crippen molar-refractivity contribution in [1.82, 2.24) is 34.4 Å². The Bertz CT molecular complexity index is 1770. The Morgan fingerprint density at radius 2 is 2.05 bits per heavy atom. The zero-order valence-electron chi connectivity index (χ0n) is 21.8. The highest BCUT2D eigenvalue weighted by atomic mass is 16.5. The molecule has 5 aromatic rings. The molecule has 0 radical (unpaired) electrons. The van der Waals surface area contributed by atoms with E-state index in [1.165, 1.54) is 4.57 Å². The zero-order chi connectivity index (χ0) is 26.9. The molecule has 6 rings (SSSR count). The van der Waals surface area contributed by atoms with E-state index in [0.29, 0.717) is 48.0 Å². The SMILES string of the molecule is COCCNCc1cc2ncn(-c3cc(-c4ccc(C#N)cc4-c4nccn4C)cc(C4CC4)n3)c(=O)c2[nH]1. The van der Waals surface area contributed by atoms with Gasteiger partial charge in [-0.3, -0.25) is 4.79 Å². The number of methoxy groups -OCH3 is 1. The van der Waals surface area contributed by atoms with Gasteiger partial charge in [-0.2, -0.15) is 5.26 Å². The van der Waals surface area contributed by atoms with E-state index >= 15 is 0 Å². The largest absolute Gasteiger partial charge is 0.383 e. The summed E-state index contributed by atoms with van der Waals surface area (Å²) in [6.45, 7) is 1.89. The molecule has 1 aromatic carbocycles. The van der Waals surface area contributed by atoms with Gasteiger partial charge in [-0.15, -0.1) is 0 Å². The summed E-state index contributed by atoms with van der Waals surface area (Å²) in [7, 11) is 3.59. The number of H-pyrrole nitrogens is 1. The fourth-order valence-corrected chi connectivity index (χ4v) is 4.79. The molecule has 10 heteroatoms. The maximum absolute atomic E-state index is 13.6. The van der Waals surface area contributed by atoms with Crippen molar-refractivity contribution >= 4 is 11.0 Å². The first kappa shape index (κ1) is 24.7. The van der Waals surface area contributed by atoms with Crippen molar-refractivity contribution in [2.75, 3.05) is 20.3 Å². The summed E-state index contributed by atoms with van der Waals surface area (Å²) in [5.41, 5.74) is 5.89. The van der Waals surface area contributed by atoms with Gasteiger partial charge < -0.3 is 19.6 Å². The topological polar surface area (TPSA) is 126 Å². The second kappa shape index (κ2) is 10.3. The highest BCUT2D eigenvalue weighted by molar-refractivity contribution is 5.83. The van der Waals surface area contributed by atoms with Crippen molar-refractivity contribution in [1.29, 1.82) is 5.26 Å². The van der Waals surface area contributed by atoms with E-state index in [0.717, 1.165) is 46.7 Å². The van der Waals surface area contributed by atoms with Gasteiger partial charge in [0.15, 0.2) is 0 Å². The molecule has 4 heterocycles. The second-order valence-corrected chi connectivity index (χ2v) is 9.79. The molecule has 39 heavy (non-hydrogen) atoms. The summed E-state index contributed by atoms with van der Waals surface area (Å²) in [4.78, 5) is 30.8. The summed E-state index contributed by atoms with van der Waals surface area (Å²) >= 11 is 0. The molecule has 0 aliphatic heterocycles. The van der Waals surface area contributed by atoms with Crippen LogP contribution in [0.4, 0.5) is 0 Å². The molecule has 0 spiro atoms. The number of nitrogens with zero attached hydrogens (tertiary/aromatic N) is 6. The van der Waals surface area contributed by atoms with Gasteiger partial charge in [-0.05, 0) is 54.3 Å². The Labute approximate surface area is 224 Å². The molecular formula is C29H28N8O2. The monoisotopic (exact) mass is 520 g/mol. The molecule has 0 unspecified atom stereocenters. The van der Waals surface area contributed by atoms with Crippen molar-refractivity contribution in [2.45, 2.75) is 25.3 Å². The molecular weight excluding hydrogens is 492 g/mol. The Morgan fingerprint density at radius 3 is 2.79 bits per heavy atom. The van der Waals surface area contributed by atoms with Gasteiger partial charge in [0.1, 0.15) is 23.5 Å². The van der Waals surface area contributed by atoms with E-state index in [9.17, 15) is 10.1 Å². The molecule has 4 aromatic heterocycles. The van der Waals surface area contributed by atoms with Crippen LogP contribution in [0, 0.1) is 11.3 Å². The van der Waals surface area contributed by atoms with E-state index in [2.05, 4.69) is 32.4 Å². The maximum atomic E-state index is 13.6. The molecule has 10 nitrogen and oxygen atoms in total. The number of hydrogen-bond donors (Lipinski definition) is 2. The lowest BCUT2D eigenvalue weighted by Crippen LogP contribution is -2.21. The normalized spacial score (nSPS) is 13.2. The number of hydrogen-bond acceptors (Lipinski definition) is 7. The van der Waals surface area contributed by atoms with Crippen LogP contribution in [0.2, 0.25) is 0 Å². The lowest BCUT2D eigenvalue weighted by atomic mass is 9.96. The molecule has 196 valence electrons. The predicted molar refractivity (Wildman–Crippen MR) is 147 cm³/mol. The standard InChI is InChI=1S/C29H28N8O2/c1-36-9-7-32-28(36)23-11-18(15-30)3-6-22(23)20-12-24(19-4-5-19)35-26(13-20)37-17-33-25-14-21(16-31-8-10-39-2)34-27(25)29(37)38/h3,6-7,9,11-14,17,19,31,34H,4-5,8,10,16H2,1-2H3. The van der Waals surface area contributed by atoms with E-state index < -0.39 is 0 Å². The van der Waals surface area contributed by atoms with E-state index in [1.807, 2.05) is 42.1 Å². The molecule has 0 amide bonds. The lowest BCUT2D eigenvalue weighted by Gasteiger charge is -2.14. The van der Waals surface area contributed by atoms with Crippen LogP contribution in [0.25, 0.3) is 39.4 Å². The minimum atomic E-state index is -0.210. The zero-order valence-corrected chi connectivity index (χ0v) is 21.8. The number of aryl methyl sites for hydroxylation is 1. The summed E-state index contributed by atoms with van der Waals surface area (Å²) in [6, 6.07) is 13.7. The number of nitriles is 1. The third kappa shape index (κ3) is 4.85. The molecule has 2 N–H and O–H groups in total. The number of benzene rings is 1. The van der Waals surface area contributed by atoms with Gasteiger partial charge in [0, 0.05) is 62.5 Å². The number of aromatic nitrogens is 6. The Morgan fingerprint density at radius 1 is 1.18 bits per heavy atom. The van der Waals surface area contributed by atoms with Crippen LogP contribution in [-0.4, -0.2) is 49.3 Å². The Hall–Kier alpha value is -4.59. The molecule has 0 atom stereocenters. The highest BCUT2D eigenvalue weighted by Gasteiger charge is 2.27. The average Bonchev–Trinajstić information content (AvgIpc) is 3.59.